The van der Waals surface area contributed by atoms with Crippen LogP contribution in [0.1, 0.15) is 19.8 Å². The summed E-state index contributed by atoms with van der Waals surface area (Å²) >= 11 is 0. The third kappa shape index (κ3) is 3.63. The maximum Gasteiger partial charge on any atom is 0.0617 e. The molecule has 1 N–H and O–H groups in total. The molecule has 0 aliphatic carbocycles. The predicted octanol–water partition coefficient (Wildman–Crippen LogP) is 0.707. The molecule has 0 amide bonds. The molecule has 1 unspecified atom stereocenters. The highest BCUT2D eigenvalue weighted by molar-refractivity contribution is 4.73. The molecule has 3 heteroatoms. The minimum absolute atomic E-state index is 0.616. The van der Waals surface area contributed by atoms with Crippen LogP contribution in [-0.2, 0) is 4.74 Å². The zero-order valence-electron chi connectivity index (χ0n) is 8.88. The summed E-state index contributed by atoms with van der Waals surface area (Å²) < 4.78 is 5.23. The number of hydrogen-bond acceptors (Lipinski definition) is 3. The zero-order valence-corrected chi connectivity index (χ0v) is 8.88. The summed E-state index contributed by atoms with van der Waals surface area (Å²) in [6.07, 6.45) is 2.45. The van der Waals surface area contributed by atoms with Crippen LogP contribution in [0.15, 0.2) is 0 Å². The molecule has 0 spiro atoms. The van der Waals surface area contributed by atoms with Crippen LogP contribution in [0.25, 0.3) is 0 Å². The molecule has 0 aromatic rings. The van der Waals surface area contributed by atoms with Crippen molar-refractivity contribution in [1.29, 1.82) is 0 Å². The lowest BCUT2D eigenvalue weighted by Gasteiger charge is -2.28. The molecule has 0 saturated carbocycles. The Morgan fingerprint density at radius 3 is 2.92 bits per heavy atom. The quantitative estimate of drug-likeness (QED) is 0.699. The van der Waals surface area contributed by atoms with E-state index < -0.39 is 0 Å². The van der Waals surface area contributed by atoms with E-state index in [-0.39, 0.29) is 0 Å². The molecule has 1 heterocycles. The number of hydrogen-bond donors (Lipinski definition) is 1. The predicted molar refractivity (Wildman–Crippen MR) is 55.0 cm³/mol. The molecule has 1 rings (SSSR count). The largest absolute Gasteiger partial charge is 0.383 e. The van der Waals surface area contributed by atoms with E-state index in [1.165, 1.54) is 32.5 Å². The van der Waals surface area contributed by atoms with Gasteiger partial charge in [-0.05, 0) is 25.9 Å². The van der Waals surface area contributed by atoms with Gasteiger partial charge in [-0.2, -0.15) is 0 Å². The normalized spacial score (nSPS) is 22.6. The van der Waals surface area contributed by atoms with Gasteiger partial charge >= 0.3 is 0 Å². The summed E-state index contributed by atoms with van der Waals surface area (Å²) in [4.78, 5) is 2.55. The van der Waals surface area contributed by atoms with Crippen LogP contribution >= 0.6 is 0 Å². The van der Waals surface area contributed by atoms with Crippen LogP contribution in [0.3, 0.4) is 0 Å². The highest BCUT2D eigenvalue weighted by Crippen LogP contribution is 2.06. The molecule has 1 aliphatic rings. The maximum atomic E-state index is 5.23. The van der Waals surface area contributed by atoms with Gasteiger partial charge in [0, 0.05) is 26.2 Å². The number of nitrogens with one attached hydrogen (secondary N) is 1. The maximum absolute atomic E-state index is 5.23. The molecular weight excluding hydrogens is 164 g/mol. The van der Waals surface area contributed by atoms with Gasteiger partial charge in [-0.3, -0.25) is 4.90 Å². The Hall–Kier alpha value is -0.120. The van der Waals surface area contributed by atoms with Crippen molar-refractivity contribution in [2.24, 2.45) is 0 Å². The summed E-state index contributed by atoms with van der Waals surface area (Å²) in [6.45, 7) is 7.79. The number of nitrogens with zero attached hydrogens (tertiary/aromatic N) is 1. The highest BCUT2D eigenvalue weighted by Gasteiger charge is 2.17. The topological polar surface area (TPSA) is 24.5 Å². The summed E-state index contributed by atoms with van der Waals surface area (Å²) in [7, 11) is 1.79. The molecular formula is C10H22N2O. The molecule has 1 aliphatic heterocycles. The van der Waals surface area contributed by atoms with Crippen LogP contribution in [0, 0.1) is 0 Å². The van der Waals surface area contributed by atoms with Crippen LogP contribution in [0.5, 0.6) is 0 Å². The van der Waals surface area contributed by atoms with Crippen molar-refractivity contribution < 1.29 is 4.74 Å². The van der Waals surface area contributed by atoms with Crippen LogP contribution in [0.4, 0.5) is 0 Å². The van der Waals surface area contributed by atoms with E-state index in [1.807, 2.05) is 0 Å². The van der Waals surface area contributed by atoms with E-state index in [1.54, 1.807) is 7.11 Å². The first-order chi connectivity index (χ1) is 6.38. The van der Waals surface area contributed by atoms with Gasteiger partial charge in [0.15, 0.2) is 0 Å². The van der Waals surface area contributed by atoms with Gasteiger partial charge < -0.3 is 10.1 Å². The fraction of sp³-hybridized carbons (Fsp3) is 1.00. The van der Waals surface area contributed by atoms with Gasteiger partial charge in [-0.1, -0.05) is 6.92 Å². The SMILES string of the molecule is CCC(COC)N1CCCNCC1. The van der Waals surface area contributed by atoms with E-state index in [0.717, 1.165) is 13.2 Å². The van der Waals surface area contributed by atoms with E-state index in [0.29, 0.717) is 6.04 Å². The van der Waals surface area contributed by atoms with E-state index in [4.69, 9.17) is 4.74 Å². The number of methoxy groups -OCH3 is 1. The molecule has 0 aromatic heterocycles. The van der Waals surface area contributed by atoms with E-state index in [9.17, 15) is 0 Å². The van der Waals surface area contributed by atoms with Crippen LogP contribution in [0.2, 0.25) is 0 Å². The molecule has 3 nitrogen and oxygen atoms in total. The van der Waals surface area contributed by atoms with Gasteiger partial charge in [-0.25, -0.2) is 0 Å². The summed E-state index contributed by atoms with van der Waals surface area (Å²) in [5.41, 5.74) is 0. The van der Waals surface area contributed by atoms with Gasteiger partial charge in [0.05, 0.1) is 6.61 Å². The third-order valence-corrected chi connectivity index (χ3v) is 2.72. The average molecular weight is 186 g/mol. The first-order valence-corrected chi connectivity index (χ1v) is 5.32. The zero-order chi connectivity index (χ0) is 9.52. The van der Waals surface area contributed by atoms with Crippen molar-refractivity contribution in [3.63, 3.8) is 0 Å². The second-order valence-corrected chi connectivity index (χ2v) is 3.66. The second-order valence-electron chi connectivity index (χ2n) is 3.66. The monoisotopic (exact) mass is 186 g/mol. The molecule has 0 radical (unpaired) electrons. The van der Waals surface area contributed by atoms with Crippen molar-refractivity contribution in [2.45, 2.75) is 25.8 Å². The van der Waals surface area contributed by atoms with Crippen molar-refractivity contribution in [1.82, 2.24) is 10.2 Å². The van der Waals surface area contributed by atoms with Crippen molar-refractivity contribution in [2.75, 3.05) is 39.9 Å². The van der Waals surface area contributed by atoms with E-state index in [2.05, 4.69) is 17.1 Å². The Balaban J connectivity index is 2.35. The van der Waals surface area contributed by atoms with Crippen molar-refractivity contribution in [3.8, 4) is 0 Å². The lowest BCUT2D eigenvalue weighted by atomic mass is 10.2. The Bertz CT molecular complexity index is 122. The van der Waals surface area contributed by atoms with Crippen molar-refractivity contribution >= 4 is 0 Å². The Kier molecular flexibility index (Phi) is 5.35. The summed E-state index contributed by atoms with van der Waals surface area (Å²) in [5.74, 6) is 0. The van der Waals surface area contributed by atoms with Crippen LogP contribution < -0.4 is 5.32 Å². The molecule has 0 aromatic carbocycles. The van der Waals surface area contributed by atoms with Crippen molar-refractivity contribution in [3.05, 3.63) is 0 Å². The lowest BCUT2D eigenvalue weighted by Crippen LogP contribution is -2.40. The Labute approximate surface area is 81.4 Å². The minimum Gasteiger partial charge on any atom is -0.383 e. The molecule has 78 valence electrons. The van der Waals surface area contributed by atoms with E-state index >= 15 is 0 Å². The smallest absolute Gasteiger partial charge is 0.0617 e. The fourth-order valence-corrected chi connectivity index (χ4v) is 1.91. The third-order valence-electron chi connectivity index (χ3n) is 2.72. The molecule has 13 heavy (non-hydrogen) atoms. The first-order valence-electron chi connectivity index (χ1n) is 5.32. The second kappa shape index (κ2) is 6.35. The molecule has 0 bridgehead atoms. The first kappa shape index (κ1) is 11.0. The molecule has 1 atom stereocenters. The molecule has 1 fully saturated rings. The fourth-order valence-electron chi connectivity index (χ4n) is 1.91. The average Bonchev–Trinajstić information content (AvgIpc) is 2.42. The summed E-state index contributed by atoms with van der Waals surface area (Å²) in [5, 5.41) is 3.42. The Morgan fingerprint density at radius 2 is 2.23 bits per heavy atom. The highest BCUT2D eigenvalue weighted by atomic mass is 16.5. The van der Waals surface area contributed by atoms with Gasteiger partial charge in [0.25, 0.3) is 0 Å². The molecule has 1 saturated heterocycles. The Morgan fingerprint density at radius 1 is 1.38 bits per heavy atom. The minimum atomic E-state index is 0.616. The number of rotatable bonds is 4. The number of ether oxygens (including phenoxy) is 1. The van der Waals surface area contributed by atoms with Gasteiger partial charge in [-0.15, -0.1) is 0 Å². The van der Waals surface area contributed by atoms with Gasteiger partial charge in [0.1, 0.15) is 0 Å². The van der Waals surface area contributed by atoms with Gasteiger partial charge in [0.2, 0.25) is 0 Å². The lowest BCUT2D eigenvalue weighted by molar-refractivity contribution is 0.0917. The standard InChI is InChI=1S/C10H22N2O/c1-3-10(9-13-2)12-7-4-5-11-6-8-12/h10-11H,3-9H2,1-2H3. The summed E-state index contributed by atoms with van der Waals surface area (Å²) in [6, 6.07) is 0.616. The van der Waals surface area contributed by atoms with Crippen LogP contribution in [-0.4, -0.2) is 50.8 Å².